The number of benzene rings is 2. The van der Waals surface area contributed by atoms with E-state index < -0.39 is 11.7 Å². The van der Waals surface area contributed by atoms with Gasteiger partial charge < -0.3 is 5.32 Å². The highest BCUT2D eigenvalue weighted by atomic mass is 35.5. The average Bonchev–Trinajstić information content (AvgIpc) is 2.44. The van der Waals surface area contributed by atoms with E-state index in [1.165, 1.54) is 18.2 Å². The number of ketones is 1. The summed E-state index contributed by atoms with van der Waals surface area (Å²) in [6.07, 6.45) is 0. The van der Waals surface area contributed by atoms with E-state index in [2.05, 4.69) is 5.32 Å². The molecular weight excluding hydrogens is 316 g/mol. The molecule has 2 aromatic carbocycles. The fourth-order valence-corrected chi connectivity index (χ4v) is 2.17. The van der Waals surface area contributed by atoms with Crippen LogP contribution in [0.1, 0.15) is 20.7 Å². The highest BCUT2D eigenvalue weighted by Gasteiger charge is 2.16. The van der Waals surface area contributed by atoms with Crippen molar-refractivity contribution in [3.05, 3.63) is 69.5 Å². The van der Waals surface area contributed by atoms with E-state index in [1.54, 1.807) is 18.2 Å². The SMILES string of the molecule is O=C(CNC(=O)c1c(F)cccc1Cl)c1cccc(Cl)c1. The second-order valence-electron chi connectivity index (χ2n) is 4.21. The van der Waals surface area contributed by atoms with Crippen LogP contribution >= 0.6 is 23.2 Å². The summed E-state index contributed by atoms with van der Waals surface area (Å²) in [5.74, 6) is -1.82. The van der Waals surface area contributed by atoms with Gasteiger partial charge in [0.15, 0.2) is 5.78 Å². The van der Waals surface area contributed by atoms with Gasteiger partial charge in [-0.05, 0) is 24.3 Å². The molecule has 0 radical (unpaired) electrons. The standard InChI is InChI=1S/C15H10Cl2FNO2/c16-10-4-1-3-9(7-10)13(20)8-19-15(21)14-11(17)5-2-6-12(14)18/h1-7H,8H2,(H,19,21). The third-order valence-electron chi connectivity index (χ3n) is 2.75. The monoisotopic (exact) mass is 325 g/mol. The molecule has 0 bridgehead atoms. The zero-order valence-electron chi connectivity index (χ0n) is 10.7. The third-order valence-corrected chi connectivity index (χ3v) is 3.30. The van der Waals surface area contributed by atoms with Gasteiger partial charge in [0.1, 0.15) is 5.82 Å². The lowest BCUT2D eigenvalue weighted by molar-refractivity contribution is 0.0901. The Hall–Kier alpha value is -1.91. The summed E-state index contributed by atoms with van der Waals surface area (Å²) < 4.78 is 13.6. The van der Waals surface area contributed by atoms with Crippen molar-refractivity contribution in [1.82, 2.24) is 5.32 Å². The van der Waals surface area contributed by atoms with E-state index >= 15 is 0 Å². The Bertz CT molecular complexity index is 684. The first-order valence-corrected chi connectivity index (χ1v) is 6.75. The number of amides is 1. The van der Waals surface area contributed by atoms with Crippen molar-refractivity contribution in [3.8, 4) is 0 Å². The first-order chi connectivity index (χ1) is 9.99. The van der Waals surface area contributed by atoms with Crippen LogP contribution in [-0.2, 0) is 0 Å². The molecule has 0 heterocycles. The van der Waals surface area contributed by atoms with E-state index in [9.17, 15) is 14.0 Å². The van der Waals surface area contributed by atoms with Crippen LogP contribution < -0.4 is 5.32 Å². The van der Waals surface area contributed by atoms with Gasteiger partial charge in [-0.15, -0.1) is 0 Å². The average molecular weight is 326 g/mol. The number of hydrogen-bond acceptors (Lipinski definition) is 2. The minimum absolute atomic E-state index is 0.0114. The van der Waals surface area contributed by atoms with Gasteiger partial charge in [-0.2, -0.15) is 0 Å². The number of rotatable bonds is 4. The predicted molar refractivity (Wildman–Crippen MR) is 79.5 cm³/mol. The van der Waals surface area contributed by atoms with Crippen LogP contribution in [0.15, 0.2) is 42.5 Å². The van der Waals surface area contributed by atoms with Crippen molar-refractivity contribution in [3.63, 3.8) is 0 Å². The molecule has 0 atom stereocenters. The molecule has 0 aliphatic heterocycles. The zero-order chi connectivity index (χ0) is 15.4. The van der Waals surface area contributed by atoms with E-state index in [-0.39, 0.29) is 22.9 Å². The molecule has 0 saturated carbocycles. The number of hydrogen-bond donors (Lipinski definition) is 1. The molecule has 0 fully saturated rings. The molecule has 3 nitrogen and oxygen atoms in total. The molecule has 2 rings (SSSR count). The lowest BCUT2D eigenvalue weighted by Gasteiger charge is -2.07. The Morgan fingerprint density at radius 1 is 1.10 bits per heavy atom. The van der Waals surface area contributed by atoms with Gasteiger partial charge in [0.05, 0.1) is 17.1 Å². The van der Waals surface area contributed by atoms with Crippen molar-refractivity contribution in [2.75, 3.05) is 6.54 Å². The van der Waals surface area contributed by atoms with Crippen molar-refractivity contribution >= 4 is 34.9 Å². The summed E-state index contributed by atoms with van der Waals surface area (Å²) in [5.41, 5.74) is 0.0838. The zero-order valence-corrected chi connectivity index (χ0v) is 12.2. The second-order valence-corrected chi connectivity index (χ2v) is 5.06. The third kappa shape index (κ3) is 3.80. The van der Waals surface area contributed by atoms with Gasteiger partial charge in [0.25, 0.3) is 5.91 Å². The predicted octanol–water partition coefficient (Wildman–Crippen LogP) is 3.75. The Balaban J connectivity index is 2.06. The fraction of sp³-hybridized carbons (Fsp3) is 0.0667. The van der Waals surface area contributed by atoms with Crippen molar-refractivity contribution in [1.29, 1.82) is 0 Å². The number of Topliss-reactive ketones (excluding diaryl/α,β-unsaturated/α-hetero) is 1. The molecule has 0 aromatic heterocycles. The van der Waals surface area contributed by atoms with Gasteiger partial charge in [0, 0.05) is 10.6 Å². The molecule has 1 N–H and O–H groups in total. The largest absolute Gasteiger partial charge is 0.344 e. The molecule has 6 heteroatoms. The van der Waals surface area contributed by atoms with E-state index in [0.717, 1.165) is 6.07 Å². The smallest absolute Gasteiger partial charge is 0.256 e. The molecule has 21 heavy (non-hydrogen) atoms. The van der Waals surface area contributed by atoms with E-state index in [4.69, 9.17) is 23.2 Å². The van der Waals surface area contributed by atoms with Crippen LogP contribution in [0.25, 0.3) is 0 Å². The normalized spacial score (nSPS) is 10.2. The van der Waals surface area contributed by atoms with Gasteiger partial charge >= 0.3 is 0 Å². The van der Waals surface area contributed by atoms with Crippen LogP contribution in [0.4, 0.5) is 4.39 Å². The van der Waals surface area contributed by atoms with E-state index in [1.807, 2.05) is 0 Å². The molecule has 0 unspecified atom stereocenters. The molecule has 0 spiro atoms. The summed E-state index contributed by atoms with van der Waals surface area (Å²) in [6, 6.07) is 10.3. The number of carbonyl (C=O) groups excluding carboxylic acids is 2. The minimum Gasteiger partial charge on any atom is -0.344 e. The highest BCUT2D eigenvalue weighted by Crippen LogP contribution is 2.18. The summed E-state index contributed by atoms with van der Waals surface area (Å²) in [6.45, 7) is -0.274. The lowest BCUT2D eigenvalue weighted by atomic mass is 10.1. The fourth-order valence-electron chi connectivity index (χ4n) is 1.73. The van der Waals surface area contributed by atoms with Crippen LogP contribution in [0.3, 0.4) is 0 Å². The number of halogens is 3. The summed E-state index contributed by atoms with van der Waals surface area (Å²) >= 11 is 11.6. The van der Waals surface area contributed by atoms with Gasteiger partial charge in [-0.25, -0.2) is 4.39 Å². The second kappa shape index (κ2) is 6.70. The molecule has 0 aliphatic carbocycles. The number of nitrogens with one attached hydrogen (secondary N) is 1. The lowest BCUT2D eigenvalue weighted by Crippen LogP contribution is -2.30. The Morgan fingerprint density at radius 3 is 2.48 bits per heavy atom. The van der Waals surface area contributed by atoms with Crippen LogP contribution in [0.2, 0.25) is 10.0 Å². The van der Waals surface area contributed by atoms with Crippen molar-refractivity contribution in [2.24, 2.45) is 0 Å². The Kier molecular flexibility index (Phi) is 4.94. The maximum Gasteiger partial charge on any atom is 0.256 e. The van der Waals surface area contributed by atoms with Crippen LogP contribution in [0, 0.1) is 5.82 Å². The highest BCUT2D eigenvalue weighted by molar-refractivity contribution is 6.34. The quantitative estimate of drug-likeness (QED) is 0.870. The summed E-state index contributed by atoms with van der Waals surface area (Å²) in [5, 5.41) is 2.75. The molecular formula is C15H10Cl2FNO2. The molecule has 1 amide bonds. The van der Waals surface area contributed by atoms with Gasteiger partial charge in [-0.1, -0.05) is 41.4 Å². The summed E-state index contributed by atoms with van der Waals surface area (Å²) in [4.78, 5) is 23.8. The summed E-state index contributed by atoms with van der Waals surface area (Å²) in [7, 11) is 0. The minimum atomic E-state index is -0.742. The van der Waals surface area contributed by atoms with Crippen LogP contribution in [-0.4, -0.2) is 18.2 Å². The number of carbonyl (C=O) groups is 2. The maximum atomic E-state index is 13.6. The maximum absolute atomic E-state index is 13.6. The first kappa shape index (κ1) is 15.5. The van der Waals surface area contributed by atoms with Gasteiger partial charge in [-0.3, -0.25) is 9.59 Å². The topological polar surface area (TPSA) is 46.2 Å². The first-order valence-electron chi connectivity index (χ1n) is 6.00. The molecule has 2 aromatic rings. The Labute approximate surface area is 130 Å². The van der Waals surface area contributed by atoms with Gasteiger partial charge in [0.2, 0.25) is 0 Å². The van der Waals surface area contributed by atoms with Crippen molar-refractivity contribution in [2.45, 2.75) is 0 Å². The van der Waals surface area contributed by atoms with E-state index in [0.29, 0.717) is 10.6 Å². The molecule has 0 saturated heterocycles. The van der Waals surface area contributed by atoms with Crippen molar-refractivity contribution < 1.29 is 14.0 Å². The molecule has 108 valence electrons. The molecule has 0 aliphatic rings. The van der Waals surface area contributed by atoms with Crippen LogP contribution in [0.5, 0.6) is 0 Å². The Morgan fingerprint density at radius 2 is 1.81 bits per heavy atom.